The number of hydrogen-bond donors (Lipinski definition) is 2. The van der Waals surface area contributed by atoms with Crippen LogP contribution < -0.4 is 5.32 Å². The highest BCUT2D eigenvalue weighted by atomic mass is 28.4. The van der Waals surface area contributed by atoms with Crippen LogP contribution in [0.15, 0.2) is 0 Å². The quantitative estimate of drug-likeness (QED) is 0.711. The Balaban J connectivity index is 2.24. The van der Waals surface area contributed by atoms with Crippen LogP contribution in [0, 0.1) is 0 Å². The average Bonchev–Trinajstić information content (AvgIpc) is 2.35. The Morgan fingerprint density at radius 2 is 1.70 bits per heavy atom. The number of ether oxygens (including phenoxy) is 1. The summed E-state index contributed by atoms with van der Waals surface area (Å²) in [6.07, 6.45) is -0.949. The molecule has 2 heterocycles. The summed E-state index contributed by atoms with van der Waals surface area (Å²) in [5.74, 6) is -0.182. The van der Waals surface area contributed by atoms with E-state index in [9.17, 15) is 9.90 Å². The van der Waals surface area contributed by atoms with Crippen LogP contribution in [0.5, 0.6) is 0 Å². The lowest BCUT2D eigenvalue weighted by Gasteiger charge is -2.56. The molecule has 4 atom stereocenters. The van der Waals surface area contributed by atoms with Crippen molar-refractivity contribution >= 4 is 14.5 Å². The number of hydrogen-bond acceptors (Lipinski definition) is 5. The first-order valence-electron chi connectivity index (χ1n) is 8.30. The second kappa shape index (κ2) is 6.11. The number of aliphatic hydroxyl groups excluding tert-OH is 1. The lowest BCUT2D eigenvalue weighted by molar-refractivity contribution is -0.234. The molecule has 134 valence electrons. The third-order valence-electron chi connectivity index (χ3n) is 4.69. The van der Waals surface area contributed by atoms with E-state index in [4.69, 9.17) is 13.6 Å². The zero-order chi connectivity index (χ0) is 17.6. The van der Waals surface area contributed by atoms with Crippen molar-refractivity contribution in [3.63, 3.8) is 0 Å². The van der Waals surface area contributed by atoms with E-state index in [-0.39, 0.29) is 28.2 Å². The number of carbonyl (C=O) groups is 1. The van der Waals surface area contributed by atoms with Gasteiger partial charge in [-0.15, -0.1) is 0 Å². The first kappa shape index (κ1) is 18.9. The summed E-state index contributed by atoms with van der Waals surface area (Å²) in [4.78, 5) is 11.3. The minimum atomic E-state index is -2.56. The predicted molar refractivity (Wildman–Crippen MR) is 89.1 cm³/mol. The van der Waals surface area contributed by atoms with E-state index in [1.165, 1.54) is 6.92 Å². The van der Waals surface area contributed by atoms with Crippen molar-refractivity contribution in [1.29, 1.82) is 0 Å². The van der Waals surface area contributed by atoms with Crippen molar-refractivity contribution in [3.05, 3.63) is 0 Å². The molecular formula is C16H31NO5Si. The van der Waals surface area contributed by atoms with E-state index in [2.05, 4.69) is 46.9 Å². The van der Waals surface area contributed by atoms with Gasteiger partial charge in [-0.05, 0) is 0 Å². The minimum Gasteiger partial charge on any atom is -0.391 e. The molecule has 1 unspecified atom stereocenters. The first-order valence-corrected chi connectivity index (χ1v) is 10.1. The van der Waals surface area contributed by atoms with Crippen LogP contribution in [0.4, 0.5) is 0 Å². The average molecular weight is 346 g/mol. The van der Waals surface area contributed by atoms with E-state index >= 15 is 0 Å². The molecule has 2 saturated heterocycles. The van der Waals surface area contributed by atoms with E-state index in [1.807, 2.05) is 0 Å². The van der Waals surface area contributed by atoms with Gasteiger partial charge in [0.15, 0.2) is 6.29 Å². The maximum Gasteiger partial charge on any atom is 0.349 e. The summed E-state index contributed by atoms with van der Waals surface area (Å²) in [5.41, 5.74) is 0. The summed E-state index contributed by atoms with van der Waals surface area (Å²) in [5, 5.41) is 12.6. The fourth-order valence-corrected chi connectivity index (χ4v) is 8.86. The van der Waals surface area contributed by atoms with Gasteiger partial charge in [0.25, 0.3) is 0 Å². The van der Waals surface area contributed by atoms with Gasteiger partial charge in [-0.2, -0.15) is 0 Å². The Morgan fingerprint density at radius 1 is 1.13 bits per heavy atom. The summed E-state index contributed by atoms with van der Waals surface area (Å²) < 4.78 is 18.6. The lowest BCUT2D eigenvalue weighted by atomic mass is 10.0. The van der Waals surface area contributed by atoms with Gasteiger partial charge in [0.2, 0.25) is 5.91 Å². The topological polar surface area (TPSA) is 77.0 Å². The molecule has 0 bridgehead atoms. The van der Waals surface area contributed by atoms with Gasteiger partial charge in [0.05, 0.1) is 18.8 Å². The van der Waals surface area contributed by atoms with Crippen molar-refractivity contribution in [1.82, 2.24) is 5.32 Å². The van der Waals surface area contributed by atoms with Gasteiger partial charge >= 0.3 is 8.56 Å². The van der Waals surface area contributed by atoms with Gasteiger partial charge in [-0.3, -0.25) is 4.79 Å². The Kier molecular flexibility index (Phi) is 5.01. The van der Waals surface area contributed by atoms with Gasteiger partial charge in [-0.1, -0.05) is 41.5 Å². The number of carbonyl (C=O) groups excluding carboxylic acids is 1. The number of rotatable bonds is 1. The molecule has 2 aliphatic heterocycles. The van der Waals surface area contributed by atoms with Crippen molar-refractivity contribution < 1.29 is 23.5 Å². The standard InChI is InChI=1S/C16H31NO5Si/c1-10(18)17-11-8-12-13(21-14(11)19)9-20-23(22-12,15(2,3)4)16(5,6)7/h11-14,19H,8-9H2,1-7H3,(H,17,18)/t11-,12+,13-,14?/m1/s1. The molecule has 1 amide bonds. The molecule has 6 nitrogen and oxygen atoms in total. The second-order valence-electron chi connectivity index (χ2n) is 8.69. The van der Waals surface area contributed by atoms with Crippen LogP contribution in [0.3, 0.4) is 0 Å². The SMILES string of the molecule is CC(=O)N[C@@H]1C[C@@H]2O[Si](C(C)(C)C)(C(C)(C)C)OC[C@H]2OC1O. The maximum absolute atomic E-state index is 11.3. The van der Waals surface area contributed by atoms with Crippen LogP contribution >= 0.6 is 0 Å². The summed E-state index contributed by atoms with van der Waals surface area (Å²) >= 11 is 0. The molecule has 2 N–H and O–H groups in total. The molecule has 0 aromatic heterocycles. The number of fused-ring (bicyclic) bond motifs is 1. The third-order valence-corrected chi connectivity index (χ3v) is 9.85. The van der Waals surface area contributed by atoms with Crippen molar-refractivity contribution in [2.45, 2.75) is 89.5 Å². The monoisotopic (exact) mass is 345 g/mol. The number of aliphatic hydroxyl groups is 1. The zero-order valence-electron chi connectivity index (χ0n) is 15.3. The highest BCUT2D eigenvalue weighted by molar-refractivity contribution is 6.73. The molecule has 0 radical (unpaired) electrons. The zero-order valence-corrected chi connectivity index (χ0v) is 16.3. The first-order chi connectivity index (χ1) is 10.4. The fraction of sp³-hybridized carbons (Fsp3) is 0.938. The molecule has 0 aliphatic carbocycles. The molecule has 7 heteroatoms. The number of nitrogens with one attached hydrogen (secondary N) is 1. The van der Waals surface area contributed by atoms with Crippen molar-refractivity contribution in [3.8, 4) is 0 Å². The maximum atomic E-state index is 11.3. The summed E-state index contributed by atoms with van der Waals surface area (Å²) in [7, 11) is -2.56. The molecule has 2 aliphatic rings. The van der Waals surface area contributed by atoms with Gasteiger partial charge in [-0.25, -0.2) is 0 Å². The normalized spacial score (nSPS) is 34.6. The molecule has 2 rings (SSSR count). The largest absolute Gasteiger partial charge is 0.391 e. The lowest BCUT2D eigenvalue weighted by Crippen LogP contribution is -2.68. The molecule has 23 heavy (non-hydrogen) atoms. The summed E-state index contributed by atoms with van der Waals surface area (Å²) in [6.45, 7) is 14.8. The molecule has 0 spiro atoms. The smallest absolute Gasteiger partial charge is 0.349 e. The van der Waals surface area contributed by atoms with Crippen LogP contribution in [0.1, 0.15) is 54.9 Å². The molecule has 0 saturated carbocycles. The molecule has 0 aromatic carbocycles. The van der Waals surface area contributed by atoms with E-state index in [0.717, 1.165) is 0 Å². The predicted octanol–water partition coefficient (Wildman–Crippen LogP) is 2.06. The number of amides is 1. The highest BCUT2D eigenvalue weighted by Gasteiger charge is 2.62. The second-order valence-corrected chi connectivity index (χ2v) is 13.4. The van der Waals surface area contributed by atoms with Crippen molar-refractivity contribution in [2.75, 3.05) is 6.61 Å². The van der Waals surface area contributed by atoms with Crippen LogP contribution in [0.2, 0.25) is 10.1 Å². The Hall–Kier alpha value is -0.473. The molecule has 0 aromatic rings. The Labute approximate surface area is 140 Å². The van der Waals surface area contributed by atoms with Crippen LogP contribution in [0.25, 0.3) is 0 Å². The molecule has 2 fully saturated rings. The van der Waals surface area contributed by atoms with E-state index in [0.29, 0.717) is 13.0 Å². The molecular weight excluding hydrogens is 314 g/mol. The highest BCUT2D eigenvalue weighted by Crippen LogP contribution is 2.54. The Morgan fingerprint density at radius 3 is 2.17 bits per heavy atom. The van der Waals surface area contributed by atoms with Gasteiger partial charge in [0, 0.05) is 23.4 Å². The third kappa shape index (κ3) is 3.49. The fourth-order valence-electron chi connectivity index (χ4n) is 3.90. The Bertz CT molecular complexity index is 442. The minimum absolute atomic E-state index is 0.101. The van der Waals surface area contributed by atoms with E-state index < -0.39 is 20.9 Å². The van der Waals surface area contributed by atoms with Crippen LogP contribution in [-0.2, 0) is 18.4 Å². The van der Waals surface area contributed by atoms with E-state index in [1.54, 1.807) is 0 Å². The van der Waals surface area contributed by atoms with Crippen molar-refractivity contribution in [2.24, 2.45) is 0 Å². The van der Waals surface area contributed by atoms with Gasteiger partial charge in [0.1, 0.15) is 6.10 Å². The summed E-state index contributed by atoms with van der Waals surface area (Å²) in [6, 6.07) is -0.446. The van der Waals surface area contributed by atoms with Crippen LogP contribution in [-0.4, -0.2) is 50.7 Å². The van der Waals surface area contributed by atoms with Gasteiger partial charge < -0.3 is 24.0 Å².